The van der Waals surface area contributed by atoms with Gasteiger partial charge in [-0.25, -0.2) is 4.98 Å². The van der Waals surface area contributed by atoms with E-state index in [1.54, 1.807) is 6.20 Å². The Labute approximate surface area is 168 Å². The molecule has 0 spiro atoms. The third-order valence-corrected chi connectivity index (χ3v) is 4.78. The van der Waals surface area contributed by atoms with Crippen molar-refractivity contribution in [2.45, 2.75) is 26.7 Å². The van der Waals surface area contributed by atoms with Crippen molar-refractivity contribution in [3.63, 3.8) is 0 Å². The van der Waals surface area contributed by atoms with Crippen LogP contribution in [0.15, 0.2) is 61.1 Å². The standard InChI is InChI=1S/C22H23N5O2/c1-16(28)23-12-17-6-7-22-21(11-17)24-15-27(22)19-5-3-4-18(10-19)13-29-14-20-8-9-25-26(20)2/h3-11,15H,12-14H2,1-2H3,(H,23,28). The van der Waals surface area contributed by atoms with Gasteiger partial charge < -0.3 is 10.1 Å². The van der Waals surface area contributed by atoms with E-state index in [4.69, 9.17) is 4.74 Å². The minimum absolute atomic E-state index is 0.0435. The van der Waals surface area contributed by atoms with Crippen LogP contribution >= 0.6 is 0 Å². The number of nitrogens with one attached hydrogen (secondary N) is 1. The van der Waals surface area contributed by atoms with E-state index < -0.39 is 0 Å². The second kappa shape index (κ2) is 8.28. The van der Waals surface area contributed by atoms with Gasteiger partial charge in [-0.05, 0) is 41.5 Å². The molecule has 0 unspecified atom stereocenters. The molecule has 0 aliphatic heterocycles. The zero-order chi connectivity index (χ0) is 20.2. The van der Waals surface area contributed by atoms with Crippen LogP contribution in [0.5, 0.6) is 0 Å². The predicted octanol–water partition coefficient (Wildman–Crippen LogP) is 3.11. The summed E-state index contributed by atoms with van der Waals surface area (Å²) in [5.74, 6) is -0.0435. The van der Waals surface area contributed by atoms with Gasteiger partial charge in [0.2, 0.25) is 5.91 Å². The van der Waals surface area contributed by atoms with Gasteiger partial charge in [-0.1, -0.05) is 18.2 Å². The average molecular weight is 389 g/mol. The third-order valence-electron chi connectivity index (χ3n) is 4.78. The number of carbonyl (C=O) groups excluding carboxylic acids is 1. The number of rotatable bonds is 7. The number of hydrogen-bond acceptors (Lipinski definition) is 4. The molecule has 0 aliphatic rings. The van der Waals surface area contributed by atoms with Gasteiger partial charge in [0, 0.05) is 32.4 Å². The molecule has 0 saturated heterocycles. The molecule has 2 aromatic heterocycles. The van der Waals surface area contributed by atoms with Crippen LogP contribution in [0.2, 0.25) is 0 Å². The Balaban J connectivity index is 1.49. The molecule has 1 amide bonds. The summed E-state index contributed by atoms with van der Waals surface area (Å²) in [6.45, 7) is 3.06. The fraction of sp³-hybridized carbons (Fsp3) is 0.227. The molecule has 0 aliphatic carbocycles. The SMILES string of the molecule is CC(=O)NCc1ccc2c(c1)ncn2-c1cccc(COCc2ccnn2C)c1. The van der Waals surface area contributed by atoms with Crippen molar-refractivity contribution in [2.24, 2.45) is 7.05 Å². The van der Waals surface area contributed by atoms with Crippen LogP contribution < -0.4 is 5.32 Å². The second-order valence-electron chi connectivity index (χ2n) is 6.96. The first-order valence-electron chi connectivity index (χ1n) is 9.44. The number of nitrogens with zero attached hydrogens (tertiary/aromatic N) is 4. The Morgan fingerprint density at radius 1 is 1.10 bits per heavy atom. The highest BCUT2D eigenvalue weighted by atomic mass is 16.5. The number of amides is 1. The number of fused-ring (bicyclic) bond motifs is 1. The summed E-state index contributed by atoms with van der Waals surface area (Å²) >= 11 is 0. The quantitative estimate of drug-likeness (QED) is 0.527. The smallest absolute Gasteiger partial charge is 0.217 e. The molecule has 148 valence electrons. The summed E-state index contributed by atoms with van der Waals surface area (Å²) in [5.41, 5.74) is 6.10. The number of hydrogen-bond donors (Lipinski definition) is 1. The monoisotopic (exact) mass is 389 g/mol. The molecule has 7 heteroatoms. The van der Waals surface area contributed by atoms with E-state index >= 15 is 0 Å². The lowest BCUT2D eigenvalue weighted by atomic mass is 10.2. The Morgan fingerprint density at radius 3 is 2.79 bits per heavy atom. The van der Waals surface area contributed by atoms with E-state index in [0.717, 1.165) is 33.5 Å². The van der Waals surface area contributed by atoms with Crippen molar-refractivity contribution in [1.29, 1.82) is 0 Å². The number of carbonyl (C=O) groups is 1. The summed E-state index contributed by atoms with van der Waals surface area (Å²) in [4.78, 5) is 15.6. The zero-order valence-electron chi connectivity index (χ0n) is 16.5. The third kappa shape index (κ3) is 4.35. The number of benzene rings is 2. The molecule has 4 rings (SSSR count). The Bertz CT molecular complexity index is 1150. The molecule has 0 radical (unpaired) electrons. The number of ether oxygens (including phenoxy) is 1. The van der Waals surface area contributed by atoms with Crippen molar-refractivity contribution < 1.29 is 9.53 Å². The highest BCUT2D eigenvalue weighted by molar-refractivity contribution is 5.78. The van der Waals surface area contributed by atoms with Crippen LogP contribution in [0.1, 0.15) is 23.7 Å². The van der Waals surface area contributed by atoms with Gasteiger partial charge in [0.25, 0.3) is 0 Å². The molecule has 1 N–H and O–H groups in total. The maximum absolute atomic E-state index is 11.1. The molecule has 0 bridgehead atoms. The van der Waals surface area contributed by atoms with Gasteiger partial charge in [-0.3, -0.25) is 14.0 Å². The predicted molar refractivity (Wildman–Crippen MR) is 110 cm³/mol. The van der Waals surface area contributed by atoms with Crippen LogP contribution in [-0.2, 0) is 36.3 Å². The molecule has 7 nitrogen and oxygen atoms in total. The van der Waals surface area contributed by atoms with Crippen LogP contribution in [0.25, 0.3) is 16.7 Å². The average Bonchev–Trinajstić information content (AvgIpc) is 3.32. The zero-order valence-corrected chi connectivity index (χ0v) is 16.5. The topological polar surface area (TPSA) is 74.0 Å². The minimum Gasteiger partial charge on any atom is -0.370 e. The van der Waals surface area contributed by atoms with Crippen LogP contribution in [-0.4, -0.2) is 25.2 Å². The van der Waals surface area contributed by atoms with Crippen LogP contribution in [0, 0.1) is 0 Å². The second-order valence-corrected chi connectivity index (χ2v) is 6.96. The van der Waals surface area contributed by atoms with Gasteiger partial charge >= 0.3 is 0 Å². The lowest BCUT2D eigenvalue weighted by Gasteiger charge is -2.09. The summed E-state index contributed by atoms with van der Waals surface area (Å²) in [6.07, 6.45) is 3.59. The van der Waals surface area contributed by atoms with Crippen molar-refractivity contribution in [2.75, 3.05) is 0 Å². The maximum atomic E-state index is 11.1. The van der Waals surface area contributed by atoms with Crippen molar-refractivity contribution in [3.05, 3.63) is 77.9 Å². The van der Waals surface area contributed by atoms with Gasteiger partial charge in [-0.15, -0.1) is 0 Å². The fourth-order valence-electron chi connectivity index (χ4n) is 3.21. The van der Waals surface area contributed by atoms with Crippen molar-refractivity contribution in [3.8, 4) is 5.69 Å². The molecule has 0 saturated carbocycles. The van der Waals surface area contributed by atoms with Gasteiger partial charge in [0.1, 0.15) is 6.33 Å². The van der Waals surface area contributed by atoms with E-state index in [1.807, 2.05) is 48.4 Å². The minimum atomic E-state index is -0.0435. The lowest BCUT2D eigenvalue weighted by molar-refractivity contribution is -0.119. The van der Waals surface area contributed by atoms with Crippen LogP contribution in [0.4, 0.5) is 0 Å². The Morgan fingerprint density at radius 2 is 2.00 bits per heavy atom. The molecule has 0 fully saturated rings. The van der Waals surface area contributed by atoms with Crippen molar-refractivity contribution >= 4 is 16.9 Å². The maximum Gasteiger partial charge on any atom is 0.217 e. The first kappa shape index (κ1) is 18.9. The highest BCUT2D eigenvalue weighted by Gasteiger charge is 2.07. The fourth-order valence-corrected chi connectivity index (χ4v) is 3.21. The molecule has 4 aromatic rings. The number of aryl methyl sites for hydroxylation is 1. The first-order chi connectivity index (χ1) is 14.1. The van der Waals surface area contributed by atoms with Crippen LogP contribution in [0.3, 0.4) is 0 Å². The molecular weight excluding hydrogens is 366 g/mol. The normalized spacial score (nSPS) is 11.1. The summed E-state index contributed by atoms with van der Waals surface area (Å²) in [7, 11) is 1.91. The molecule has 0 atom stereocenters. The lowest BCUT2D eigenvalue weighted by Crippen LogP contribution is -2.18. The van der Waals surface area contributed by atoms with E-state index in [0.29, 0.717) is 19.8 Å². The summed E-state index contributed by atoms with van der Waals surface area (Å²) < 4.78 is 9.72. The highest BCUT2D eigenvalue weighted by Crippen LogP contribution is 2.21. The van der Waals surface area contributed by atoms with E-state index in [9.17, 15) is 4.79 Å². The summed E-state index contributed by atoms with van der Waals surface area (Å²) in [5, 5.41) is 6.96. The molecule has 29 heavy (non-hydrogen) atoms. The van der Waals surface area contributed by atoms with Crippen molar-refractivity contribution in [1.82, 2.24) is 24.6 Å². The van der Waals surface area contributed by atoms with Gasteiger partial charge in [-0.2, -0.15) is 5.10 Å². The number of aromatic nitrogens is 4. The molecule has 2 aromatic carbocycles. The number of imidazole rings is 1. The van der Waals surface area contributed by atoms with E-state index in [1.165, 1.54) is 6.92 Å². The molecular formula is C22H23N5O2. The summed E-state index contributed by atoms with van der Waals surface area (Å²) in [6, 6.07) is 16.2. The Hall–Kier alpha value is -3.45. The van der Waals surface area contributed by atoms with E-state index in [2.05, 4.69) is 38.2 Å². The first-order valence-corrected chi connectivity index (χ1v) is 9.44. The Kier molecular flexibility index (Phi) is 5.39. The largest absolute Gasteiger partial charge is 0.370 e. The van der Waals surface area contributed by atoms with E-state index in [-0.39, 0.29) is 5.91 Å². The van der Waals surface area contributed by atoms with Gasteiger partial charge in [0.15, 0.2) is 0 Å². The molecule has 2 heterocycles. The van der Waals surface area contributed by atoms with Gasteiger partial charge in [0.05, 0.1) is 29.9 Å².